The van der Waals surface area contributed by atoms with Crippen molar-refractivity contribution in [2.75, 3.05) is 46.7 Å². The predicted octanol–water partition coefficient (Wildman–Crippen LogP) is 15.4. The van der Waals surface area contributed by atoms with Gasteiger partial charge in [0.15, 0.2) is 11.1 Å². The lowest BCUT2D eigenvalue weighted by molar-refractivity contribution is -0.385. The number of methoxy groups -OCH3 is 4. The number of fused-ring (bicyclic) bond motifs is 4. The lowest BCUT2D eigenvalue weighted by Crippen LogP contribution is -2.42. The van der Waals surface area contributed by atoms with Gasteiger partial charge in [0.1, 0.15) is 12.5 Å². The summed E-state index contributed by atoms with van der Waals surface area (Å²) in [6, 6.07) is 28.5. The van der Waals surface area contributed by atoms with Crippen LogP contribution in [0.2, 0.25) is 25.7 Å². The third-order valence-electron chi connectivity index (χ3n) is 20.7. The number of alkyl halides is 2. The van der Waals surface area contributed by atoms with Crippen molar-refractivity contribution in [2.24, 2.45) is 0 Å². The summed E-state index contributed by atoms with van der Waals surface area (Å²) in [6.45, 7) is 19.7. The van der Waals surface area contributed by atoms with Crippen LogP contribution in [0.4, 0.5) is 45.6 Å². The second-order valence-electron chi connectivity index (χ2n) is 31.1. The first-order chi connectivity index (χ1) is 64.5. The van der Waals surface area contributed by atoms with E-state index in [0.29, 0.717) is 74.9 Å². The fourth-order valence-electron chi connectivity index (χ4n) is 13.8. The van der Waals surface area contributed by atoms with Crippen LogP contribution in [-0.4, -0.2) is 186 Å². The van der Waals surface area contributed by atoms with Gasteiger partial charge >= 0.3 is 59.7 Å². The van der Waals surface area contributed by atoms with Crippen LogP contribution < -0.4 is 4.90 Å². The summed E-state index contributed by atoms with van der Waals surface area (Å²) in [5, 5.41) is 130. The van der Waals surface area contributed by atoms with Gasteiger partial charge in [-0.15, -0.1) is 0 Å². The Morgan fingerprint density at radius 2 is 0.819 bits per heavy atom. The molecule has 6 N–H and O–H groups in total. The Kier molecular flexibility index (Phi) is 40.3. The Hall–Kier alpha value is -15.9. The van der Waals surface area contributed by atoms with Gasteiger partial charge in [0.2, 0.25) is 5.91 Å². The first-order valence-electron chi connectivity index (χ1n) is 39.8. The molecule has 3 aliphatic rings. The van der Waals surface area contributed by atoms with Gasteiger partial charge in [-0.25, -0.2) is 52.9 Å². The zero-order chi connectivity index (χ0) is 104. The highest BCUT2D eigenvalue weighted by Crippen LogP contribution is 2.50. The number of nitro benzene ring substituents is 7. The first kappa shape index (κ1) is 113. The number of carboxylic acids is 4. The summed E-state index contributed by atoms with van der Waals surface area (Å²) < 4.78 is 28.2. The molecule has 1 atom stereocenters. The number of aromatic carboxylic acids is 4. The maximum absolute atomic E-state index is 13.6. The Bertz CT molecular complexity index is 6320. The van der Waals surface area contributed by atoms with E-state index in [1.807, 2.05) is 31.2 Å². The van der Waals surface area contributed by atoms with E-state index >= 15 is 0 Å². The van der Waals surface area contributed by atoms with Crippen molar-refractivity contribution in [3.8, 4) is 0 Å². The number of aromatic nitrogens is 1. The average Bonchev–Trinajstić information content (AvgIpc) is 1.55. The van der Waals surface area contributed by atoms with E-state index < -0.39 is 143 Å². The van der Waals surface area contributed by atoms with Crippen LogP contribution in [0.3, 0.4) is 0 Å². The number of aliphatic hydroxyl groups is 2. The second-order valence-corrected chi connectivity index (χ2v) is 37.8. The van der Waals surface area contributed by atoms with E-state index in [0.717, 1.165) is 92.1 Å². The summed E-state index contributed by atoms with van der Waals surface area (Å²) in [6.07, 6.45) is 2.67. The molecule has 0 bridgehead atoms. The van der Waals surface area contributed by atoms with E-state index in [1.165, 1.54) is 64.1 Å². The Balaban J connectivity index is 0.000000283. The smallest absolute Gasteiger partial charge is 0.346 e. The number of carbonyl (C=O) groups excluding carboxylic acids is 7. The van der Waals surface area contributed by atoms with Gasteiger partial charge < -0.3 is 59.1 Å². The molecule has 1 aliphatic carbocycles. The minimum Gasteiger partial charge on any atom is -0.478 e. The number of anilines is 1. The number of rotatable bonds is 24. The highest BCUT2D eigenvalue weighted by molar-refractivity contribution is 9.09. The molecule has 138 heavy (non-hydrogen) atoms. The monoisotopic (exact) mass is 2060 g/mol. The minimum atomic E-state index is -1.63. The molecule has 49 heteroatoms. The number of hydrogen-bond donors (Lipinski definition) is 6. The SMILES string of the molecule is COC(=O)c1cc(C)c([N+](=O)[O-])cc1C(=O)OC.COC(=O)c1ccc(C)c([N+](=O)[O-])c1C(=O)OC.Cc1cc(C(=O)O)c(C(=O)O)cc1[N+](=O)[O-].Cc1cc(CBr)c(CBr)cc1[N+](=O)[O-].Cc1cc(CO)c(CO)cc1[N+](=O)[O-].Cc1cc2c(cc1[N+](=O)[O-])CC1(C2)C(=O)N(COCC[Si](C)(C)C)c2ncccc21.Cc1ccc(C(=O)O)c(C(=O)O)c1[N+](=O)[O-].Cc1ccc2c(c1)C(=O)OC2=O. The quantitative estimate of drug-likeness (QED) is 0.00478. The number of pyridine rings is 1. The molecule has 46 nitrogen and oxygen atoms in total. The van der Waals surface area contributed by atoms with Crippen LogP contribution in [0.1, 0.15) is 187 Å². The van der Waals surface area contributed by atoms with Crippen LogP contribution in [0, 0.1) is 126 Å². The number of benzene rings is 8. The molecule has 3 heterocycles. The number of halogens is 2. The number of hydrogen-bond acceptors (Lipinski definition) is 34. The number of aliphatic hydroxyl groups excluding tert-OH is 2. The molecule has 0 saturated heterocycles. The second kappa shape index (κ2) is 49.4. The molecule has 0 saturated carbocycles. The minimum absolute atomic E-state index is 0.0271. The zero-order valence-corrected chi connectivity index (χ0v) is 80.2. The molecule has 12 rings (SSSR count). The zero-order valence-electron chi connectivity index (χ0n) is 76.0. The number of aryl methyl sites for hydroxylation is 8. The van der Waals surface area contributed by atoms with Crippen molar-refractivity contribution in [3.63, 3.8) is 0 Å². The fourth-order valence-corrected chi connectivity index (χ4v) is 15.6. The van der Waals surface area contributed by atoms with Crippen molar-refractivity contribution in [2.45, 2.75) is 123 Å². The summed E-state index contributed by atoms with van der Waals surface area (Å²) in [5.41, 5.74) is 4.34. The topological polar surface area (TPSA) is 683 Å². The van der Waals surface area contributed by atoms with Crippen LogP contribution in [0.5, 0.6) is 0 Å². The molecular formula is C89H89Br2N9O37Si. The van der Waals surface area contributed by atoms with E-state index in [4.69, 9.17) is 35.4 Å². The van der Waals surface area contributed by atoms with Crippen LogP contribution in [-0.2, 0) is 75.3 Å². The van der Waals surface area contributed by atoms with Gasteiger partial charge in [-0.1, -0.05) is 81.3 Å². The molecule has 9 aromatic rings. The molecule has 2 aliphatic heterocycles. The fraction of sp³-hybridized carbons (Fsp3) is 0.281. The van der Waals surface area contributed by atoms with Crippen LogP contribution in [0.15, 0.2) is 121 Å². The van der Waals surface area contributed by atoms with Crippen molar-refractivity contribution >= 4 is 151 Å². The number of ether oxygens (including phenoxy) is 6. The lowest BCUT2D eigenvalue weighted by Gasteiger charge is -2.23. The summed E-state index contributed by atoms with van der Waals surface area (Å²) in [4.78, 5) is 202. The number of carboxylic acid groups (broad SMARTS) is 4. The molecule has 0 radical (unpaired) electrons. The van der Waals surface area contributed by atoms with Crippen molar-refractivity contribution < 1.29 is 146 Å². The number of nitro groups is 7. The third kappa shape index (κ3) is 27.7. The lowest BCUT2D eigenvalue weighted by atomic mass is 9.79. The highest BCUT2D eigenvalue weighted by atomic mass is 79.9. The molecule has 8 aromatic carbocycles. The first-order valence-corrected chi connectivity index (χ1v) is 45.8. The number of carbonyl (C=O) groups is 11. The van der Waals surface area contributed by atoms with E-state index in [-0.39, 0.29) is 97.4 Å². The molecular weight excluding hydrogens is 1970 g/mol. The van der Waals surface area contributed by atoms with Gasteiger partial charge in [0, 0.05) is 106 Å². The molecule has 730 valence electrons. The number of amides is 1. The average molecular weight is 2060 g/mol. The maximum atomic E-state index is 13.6. The molecule has 0 fully saturated rings. The van der Waals surface area contributed by atoms with Gasteiger partial charge in [0.25, 0.3) is 39.8 Å². The van der Waals surface area contributed by atoms with Crippen LogP contribution >= 0.6 is 31.9 Å². The van der Waals surface area contributed by atoms with Gasteiger partial charge in [-0.2, -0.15) is 0 Å². The highest BCUT2D eigenvalue weighted by Gasteiger charge is 2.55. The largest absolute Gasteiger partial charge is 0.478 e. The maximum Gasteiger partial charge on any atom is 0.346 e. The molecule has 1 unspecified atom stereocenters. The molecule has 1 amide bonds. The van der Waals surface area contributed by atoms with E-state index in [9.17, 15) is 124 Å². The summed E-state index contributed by atoms with van der Waals surface area (Å²) >= 11 is 6.67. The Morgan fingerprint density at radius 1 is 0.435 bits per heavy atom. The van der Waals surface area contributed by atoms with Crippen molar-refractivity contribution in [1.82, 2.24) is 4.98 Å². The standard InChI is InChI=1S/C22H27N3O4Si.2C11H11NO6.C9H9Br2NO2.2C9H7NO6.C9H11NO4.C9H6O3/c1-15-10-16-12-22(13-17(16)11-19(15)25(27)28)18-6-5-7-23-20(18)24(21(22)26)14-29-8-9-30(2,3)4;1-6-4-7(10(13)17-2)8(11(14)18-3)5-9(6)12(15)16;1-6-4-5-7(10(13)17-2)8(11(14)18-3)9(6)12(15)16;1-6-2-7(4-10)8(5-11)3-9(6)12(13)14;1-4-2-5(8(11)12)6(9(13)14)3-7(4)10(15)16;1-4-2-3-5(8(11)12)6(9(13)14)7(4)10(15)16;1-6-2-7(4-11)8(5-12)3-9(6)10(13)14;1-5-2-3-6-7(4-5)9(11)12-8(6)10/h5-7,10-11H,8-9,12-14H2,1-4H3;2*4-5H,1-3H3;2-3H,4-5H2,1H3;2*2-3H,1H3,(H,11,12)(H,13,14);2-3,11-12H,4-5H2,1H3;2-4H,1H3. The molecule has 1 spiro atoms. The van der Waals surface area contributed by atoms with Crippen LogP contribution in [0.25, 0.3) is 0 Å². The van der Waals surface area contributed by atoms with Crippen molar-refractivity contribution in [3.05, 3.63) is 331 Å². The third-order valence-corrected chi connectivity index (χ3v) is 23.6. The number of esters is 6. The number of cyclic esters (lactones) is 2. The predicted molar refractivity (Wildman–Crippen MR) is 496 cm³/mol. The van der Waals surface area contributed by atoms with E-state index in [2.05, 4.69) is 80.2 Å². The Morgan fingerprint density at radius 3 is 1.27 bits per heavy atom. The normalized spacial score (nSPS) is 12.5. The van der Waals surface area contributed by atoms with Gasteiger partial charge in [-0.3, -0.25) is 80.5 Å². The number of nitrogens with zero attached hydrogens (tertiary/aromatic N) is 9. The molecule has 1 aromatic heterocycles. The Labute approximate surface area is 799 Å². The van der Waals surface area contributed by atoms with Gasteiger partial charge in [0.05, 0.1) is 126 Å². The van der Waals surface area contributed by atoms with E-state index in [1.54, 1.807) is 62.2 Å². The summed E-state index contributed by atoms with van der Waals surface area (Å²) in [5.74, 6) is -9.94. The van der Waals surface area contributed by atoms with Crippen molar-refractivity contribution in [1.29, 1.82) is 0 Å². The summed E-state index contributed by atoms with van der Waals surface area (Å²) in [7, 11) is 3.25. The van der Waals surface area contributed by atoms with Gasteiger partial charge in [-0.05, 0) is 168 Å².